The summed E-state index contributed by atoms with van der Waals surface area (Å²) >= 11 is 0. The van der Waals surface area contributed by atoms with E-state index in [1.165, 1.54) is 19.3 Å². The predicted molar refractivity (Wildman–Crippen MR) is 66.8 cm³/mol. The Kier molecular flexibility index (Phi) is 3.42. The van der Waals surface area contributed by atoms with Gasteiger partial charge in [-0.25, -0.2) is 0 Å². The molecular weight excluding hydrogens is 214 g/mol. The van der Waals surface area contributed by atoms with Crippen molar-refractivity contribution >= 4 is 0 Å². The maximum absolute atomic E-state index is 9.02. The monoisotopic (exact) mass is 239 g/mol. The van der Waals surface area contributed by atoms with Crippen LogP contribution in [-0.2, 0) is 4.74 Å². The molecule has 3 aliphatic rings. The van der Waals surface area contributed by atoms with Crippen LogP contribution in [0.25, 0.3) is 0 Å². The highest BCUT2D eigenvalue weighted by Gasteiger charge is 2.49. The van der Waals surface area contributed by atoms with Crippen molar-refractivity contribution < 1.29 is 9.84 Å². The van der Waals surface area contributed by atoms with E-state index in [1.54, 1.807) is 0 Å². The van der Waals surface area contributed by atoms with Gasteiger partial charge in [0.15, 0.2) is 0 Å². The van der Waals surface area contributed by atoms with Crippen molar-refractivity contribution in [2.24, 2.45) is 17.8 Å². The third-order valence-electron chi connectivity index (χ3n) is 4.83. The van der Waals surface area contributed by atoms with E-state index in [9.17, 15) is 0 Å². The van der Waals surface area contributed by atoms with E-state index in [0.717, 1.165) is 37.1 Å². The molecule has 0 aromatic rings. The molecule has 0 amide bonds. The minimum Gasteiger partial charge on any atom is -0.394 e. The Morgan fingerprint density at radius 2 is 2.00 bits per heavy atom. The van der Waals surface area contributed by atoms with Crippen molar-refractivity contribution in [3.05, 3.63) is 0 Å². The zero-order valence-corrected chi connectivity index (χ0v) is 10.8. The minimum absolute atomic E-state index is 0.0947. The van der Waals surface area contributed by atoms with Gasteiger partial charge in [-0.05, 0) is 56.8 Å². The summed E-state index contributed by atoms with van der Waals surface area (Å²) in [7, 11) is 0. The van der Waals surface area contributed by atoms with E-state index in [2.05, 4.69) is 12.2 Å². The molecule has 2 N–H and O–H groups in total. The zero-order chi connectivity index (χ0) is 11.8. The molecule has 0 radical (unpaired) electrons. The van der Waals surface area contributed by atoms with Crippen LogP contribution in [0.3, 0.4) is 0 Å². The summed E-state index contributed by atoms with van der Waals surface area (Å²) in [5.41, 5.74) is 0. The van der Waals surface area contributed by atoms with Gasteiger partial charge in [-0.15, -0.1) is 0 Å². The van der Waals surface area contributed by atoms with Crippen molar-refractivity contribution in [2.45, 2.75) is 57.3 Å². The Morgan fingerprint density at radius 3 is 2.65 bits per heavy atom. The average Bonchev–Trinajstić information content (AvgIpc) is 3.21. The number of ether oxygens (including phenoxy) is 1. The van der Waals surface area contributed by atoms with Gasteiger partial charge in [0.05, 0.1) is 18.8 Å². The van der Waals surface area contributed by atoms with Crippen molar-refractivity contribution in [1.82, 2.24) is 5.32 Å². The first-order valence-corrected chi connectivity index (χ1v) is 7.27. The van der Waals surface area contributed by atoms with E-state index < -0.39 is 0 Å². The van der Waals surface area contributed by atoms with Gasteiger partial charge in [0.1, 0.15) is 0 Å². The lowest BCUT2D eigenvalue weighted by Gasteiger charge is -2.18. The Hall–Kier alpha value is -0.120. The minimum atomic E-state index is 0.0947. The van der Waals surface area contributed by atoms with Crippen molar-refractivity contribution in [2.75, 3.05) is 13.2 Å². The molecule has 0 spiro atoms. The van der Waals surface area contributed by atoms with Crippen molar-refractivity contribution in [3.8, 4) is 0 Å². The Morgan fingerprint density at radius 1 is 1.24 bits per heavy atom. The van der Waals surface area contributed by atoms with Gasteiger partial charge < -0.3 is 15.2 Å². The first-order chi connectivity index (χ1) is 8.28. The molecule has 3 heteroatoms. The van der Waals surface area contributed by atoms with Crippen LogP contribution in [0.1, 0.15) is 39.0 Å². The molecular formula is C14H25NO2. The van der Waals surface area contributed by atoms with Crippen LogP contribution in [-0.4, -0.2) is 36.5 Å². The van der Waals surface area contributed by atoms with Crippen molar-refractivity contribution in [1.29, 1.82) is 0 Å². The summed E-state index contributed by atoms with van der Waals surface area (Å²) in [5, 5.41) is 12.7. The Labute approximate surface area is 104 Å². The predicted octanol–water partition coefficient (Wildman–Crippen LogP) is 1.55. The molecule has 1 heterocycles. The molecule has 3 nitrogen and oxygen atoms in total. The molecule has 3 rings (SSSR count). The lowest BCUT2D eigenvalue weighted by Crippen LogP contribution is -2.35. The fraction of sp³-hybridized carbons (Fsp3) is 1.00. The number of nitrogens with one attached hydrogen (secondary N) is 1. The van der Waals surface area contributed by atoms with Crippen LogP contribution in [0, 0.1) is 17.8 Å². The maximum Gasteiger partial charge on any atom is 0.0811 e. The molecule has 17 heavy (non-hydrogen) atoms. The topological polar surface area (TPSA) is 41.5 Å². The Balaban J connectivity index is 1.34. The number of aliphatic hydroxyl groups excluding tert-OH is 1. The standard InChI is InChI=1S/C14H25NO2/c1-9(13-6-14(13)10-2-3-10)15-7-11-4-5-12(8-16)17-11/h9-16H,2-8H2,1H3/t9?,11-,12+,13+,14+/m1/s1. The summed E-state index contributed by atoms with van der Waals surface area (Å²) < 4.78 is 5.74. The zero-order valence-electron chi connectivity index (χ0n) is 10.8. The molecule has 0 aromatic heterocycles. The van der Waals surface area contributed by atoms with Crippen LogP contribution >= 0.6 is 0 Å². The number of aliphatic hydroxyl groups is 1. The van der Waals surface area contributed by atoms with Gasteiger partial charge >= 0.3 is 0 Å². The third-order valence-corrected chi connectivity index (χ3v) is 4.83. The summed E-state index contributed by atoms with van der Waals surface area (Å²) in [4.78, 5) is 0. The first-order valence-electron chi connectivity index (χ1n) is 7.27. The highest BCUT2D eigenvalue weighted by atomic mass is 16.5. The van der Waals surface area contributed by atoms with Crippen LogP contribution in [0.15, 0.2) is 0 Å². The van der Waals surface area contributed by atoms with Crippen LogP contribution < -0.4 is 5.32 Å². The number of rotatable bonds is 6. The fourth-order valence-electron chi connectivity index (χ4n) is 3.41. The second-order valence-electron chi connectivity index (χ2n) is 6.24. The van der Waals surface area contributed by atoms with E-state index >= 15 is 0 Å². The van der Waals surface area contributed by atoms with Gasteiger partial charge in [0.2, 0.25) is 0 Å². The summed E-state index contributed by atoms with van der Waals surface area (Å²) in [6.07, 6.45) is 6.96. The SMILES string of the molecule is CC(NC[C@H]1CC[C@@H](CO)O1)[C@@H]1C[C@H]1C1CC1. The number of hydrogen-bond donors (Lipinski definition) is 2. The normalized spacial score (nSPS) is 42.7. The average molecular weight is 239 g/mol. The second-order valence-corrected chi connectivity index (χ2v) is 6.24. The van der Waals surface area contributed by atoms with E-state index in [0.29, 0.717) is 12.1 Å². The quantitative estimate of drug-likeness (QED) is 0.739. The molecule has 2 saturated carbocycles. The van der Waals surface area contributed by atoms with Gasteiger partial charge in [-0.3, -0.25) is 0 Å². The molecule has 98 valence electrons. The van der Waals surface area contributed by atoms with E-state index in [4.69, 9.17) is 9.84 Å². The smallest absolute Gasteiger partial charge is 0.0811 e. The van der Waals surface area contributed by atoms with Crippen LogP contribution in [0.4, 0.5) is 0 Å². The lowest BCUT2D eigenvalue weighted by molar-refractivity contribution is 0.0112. The highest BCUT2D eigenvalue weighted by molar-refractivity contribution is 5.00. The highest BCUT2D eigenvalue weighted by Crippen LogP contribution is 2.55. The molecule has 2 aliphatic carbocycles. The largest absolute Gasteiger partial charge is 0.394 e. The van der Waals surface area contributed by atoms with E-state index in [-0.39, 0.29) is 12.7 Å². The maximum atomic E-state index is 9.02. The van der Waals surface area contributed by atoms with Gasteiger partial charge in [-0.2, -0.15) is 0 Å². The number of hydrogen-bond acceptors (Lipinski definition) is 3. The van der Waals surface area contributed by atoms with E-state index in [1.807, 2.05) is 0 Å². The van der Waals surface area contributed by atoms with Crippen LogP contribution in [0.5, 0.6) is 0 Å². The Bertz CT molecular complexity index is 267. The molecule has 0 bridgehead atoms. The third kappa shape index (κ3) is 2.83. The molecule has 3 fully saturated rings. The molecule has 1 unspecified atom stereocenters. The molecule has 5 atom stereocenters. The van der Waals surface area contributed by atoms with Crippen molar-refractivity contribution in [3.63, 3.8) is 0 Å². The van der Waals surface area contributed by atoms with Gasteiger partial charge in [0.25, 0.3) is 0 Å². The fourth-order valence-corrected chi connectivity index (χ4v) is 3.41. The summed E-state index contributed by atoms with van der Waals surface area (Å²) in [6, 6.07) is 0.650. The molecule has 1 saturated heterocycles. The lowest BCUT2D eigenvalue weighted by atomic mass is 10.1. The summed E-state index contributed by atoms with van der Waals surface area (Å²) in [6.45, 7) is 3.47. The molecule has 0 aromatic carbocycles. The van der Waals surface area contributed by atoms with Gasteiger partial charge in [0, 0.05) is 12.6 Å². The molecule has 1 aliphatic heterocycles. The summed E-state index contributed by atoms with van der Waals surface area (Å²) in [5.74, 6) is 3.04. The first kappa shape index (κ1) is 11.9. The van der Waals surface area contributed by atoms with Gasteiger partial charge in [-0.1, -0.05) is 0 Å². The second kappa shape index (κ2) is 4.87. The van der Waals surface area contributed by atoms with Crippen LogP contribution in [0.2, 0.25) is 0 Å².